The maximum atomic E-state index is 12.0. The first kappa shape index (κ1) is 12.4. The van der Waals surface area contributed by atoms with Gasteiger partial charge in [0, 0.05) is 6.20 Å². The van der Waals surface area contributed by atoms with Crippen LogP contribution in [0, 0.1) is 6.92 Å². The molecule has 0 bridgehead atoms. The van der Waals surface area contributed by atoms with E-state index in [0.717, 1.165) is 5.56 Å². The molecular weight excluding hydrogens is 252 g/mol. The molecule has 1 aromatic carbocycles. The van der Waals surface area contributed by atoms with Crippen molar-refractivity contribution < 1.29 is 8.42 Å². The molecule has 6 heteroatoms. The molecule has 5 nitrogen and oxygen atoms in total. The van der Waals surface area contributed by atoms with Crippen LogP contribution in [0.5, 0.6) is 0 Å². The summed E-state index contributed by atoms with van der Waals surface area (Å²) >= 11 is 0. The van der Waals surface area contributed by atoms with Crippen LogP contribution in [0.2, 0.25) is 0 Å². The molecule has 0 saturated carbocycles. The lowest BCUT2D eigenvalue weighted by Crippen LogP contribution is -2.19. The van der Waals surface area contributed by atoms with E-state index in [9.17, 15) is 13.2 Å². The second kappa shape index (κ2) is 4.66. The van der Waals surface area contributed by atoms with Gasteiger partial charge in [-0.1, -0.05) is 17.7 Å². The van der Waals surface area contributed by atoms with Gasteiger partial charge in [0.25, 0.3) is 15.6 Å². The van der Waals surface area contributed by atoms with Crippen LogP contribution < -0.4 is 10.3 Å². The maximum Gasteiger partial charge on any atom is 0.272 e. The van der Waals surface area contributed by atoms with E-state index in [1.165, 1.54) is 24.4 Å². The van der Waals surface area contributed by atoms with Crippen molar-refractivity contribution in [3.05, 3.63) is 58.5 Å². The van der Waals surface area contributed by atoms with Crippen molar-refractivity contribution in [2.24, 2.45) is 0 Å². The van der Waals surface area contributed by atoms with Crippen molar-refractivity contribution in [1.29, 1.82) is 0 Å². The Bertz CT molecular complexity index is 703. The number of anilines is 1. The summed E-state index contributed by atoms with van der Waals surface area (Å²) in [5.74, 6) is 0. The number of rotatable bonds is 3. The molecule has 1 heterocycles. The van der Waals surface area contributed by atoms with Gasteiger partial charge in [-0.05, 0) is 31.2 Å². The average molecular weight is 264 g/mol. The Morgan fingerprint density at radius 3 is 2.39 bits per heavy atom. The zero-order valence-electron chi connectivity index (χ0n) is 9.67. The largest absolute Gasteiger partial charge is 0.327 e. The van der Waals surface area contributed by atoms with Gasteiger partial charge in [0.2, 0.25) is 0 Å². The van der Waals surface area contributed by atoms with Gasteiger partial charge in [0.05, 0.1) is 4.90 Å². The van der Waals surface area contributed by atoms with E-state index in [1.54, 1.807) is 18.2 Å². The summed E-state index contributed by atoms with van der Waals surface area (Å²) < 4.78 is 26.3. The topological polar surface area (TPSA) is 79.0 Å². The first-order valence-electron chi connectivity index (χ1n) is 5.26. The van der Waals surface area contributed by atoms with Gasteiger partial charge < -0.3 is 4.98 Å². The second-order valence-electron chi connectivity index (χ2n) is 3.83. The minimum Gasteiger partial charge on any atom is -0.327 e. The Morgan fingerprint density at radius 1 is 1.11 bits per heavy atom. The van der Waals surface area contributed by atoms with Crippen molar-refractivity contribution >= 4 is 15.7 Å². The summed E-state index contributed by atoms with van der Waals surface area (Å²) in [7, 11) is -3.72. The third-order valence-corrected chi connectivity index (χ3v) is 3.78. The molecule has 0 aliphatic rings. The van der Waals surface area contributed by atoms with Crippen molar-refractivity contribution in [3.8, 4) is 0 Å². The molecule has 0 atom stereocenters. The molecule has 0 fully saturated rings. The van der Waals surface area contributed by atoms with Gasteiger partial charge in [0.1, 0.15) is 5.69 Å². The third kappa shape index (κ3) is 2.60. The number of H-pyrrole nitrogens is 1. The van der Waals surface area contributed by atoms with Gasteiger partial charge in [-0.15, -0.1) is 0 Å². The molecule has 2 aromatic rings. The van der Waals surface area contributed by atoms with E-state index in [1.807, 2.05) is 6.92 Å². The molecule has 18 heavy (non-hydrogen) atoms. The number of nitrogens with one attached hydrogen (secondary N) is 2. The van der Waals surface area contributed by atoms with Gasteiger partial charge in [0.15, 0.2) is 0 Å². The Morgan fingerprint density at radius 2 is 1.78 bits per heavy atom. The number of benzene rings is 1. The van der Waals surface area contributed by atoms with Crippen molar-refractivity contribution in [1.82, 2.24) is 4.98 Å². The first-order valence-corrected chi connectivity index (χ1v) is 6.74. The third-order valence-electron chi connectivity index (χ3n) is 2.39. The summed E-state index contributed by atoms with van der Waals surface area (Å²) in [6.45, 7) is 1.87. The molecule has 1 aromatic heterocycles. The van der Waals surface area contributed by atoms with Gasteiger partial charge in [-0.2, -0.15) is 0 Å². The summed E-state index contributed by atoms with van der Waals surface area (Å²) in [4.78, 5) is 13.9. The highest BCUT2D eigenvalue weighted by Crippen LogP contribution is 2.13. The highest BCUT2D eigenvalue weighted by molar-refractivity contribution is 7.92. The lowest BCUT2D eigenvalue weighted by molar-refractivity contribution is 0.601. The zero-order valence-corrected chi connectivity index (χ0v) is 10.5. The normalized spacial score (nSPS) is 11.2. The zero-order chi connectivity index (χ0) is 13.2. The molecule has 0 amide bonds. The van der Waals surface area contributed by atoms with Crippen molar-refractivity contribution in [2.75, 3.05) is 4.72 Å². The fourth-order valence-electron chi connectivity index (χ4n) is 1.42. The molecule has 2 N–H and O–H groups in total. The van der Waals surface area contributed by atoms with E-state index in [0.29, 0.717) is 0 Å². The number of sulfonamides is 1. The average Bonchev–Trinajstić information content (AvgIpc) is 2.32. The summed E-state index contributed by atoms with van der Waals surface area (Å²) in [6.07, 6.45) is 1.44. The van der Waals surface area contributed by atoms with E-state index >= 15 is 0 Å². The van der Waals surface area contributed by atoms with E-state index in [4.69, 9.17) is 0 Å². The predicted molar refractivity (Wildman–Crippen MR) is 69.1 cm³/mol. The summed E-state index contributed by atoms with van der Waals surface area (Å²) in [5, 5.41) is 0. The molecule has 2 rings (SSSR count). The quantitative estimate of drug-likeness (QED) is 0.881. The van der Waals surface area contributed by atoms with Crippen LogP contribution in [0.4, 0.5) is 5.69 Å². The SMILES string of the molecule is Cc1ccc(S(=O)(=O)Nc2ccc[nH]c2=O)cc1. The van der Waals surface area contributed by atoms with Crippen LogP contribution in [-0.4, -0.2) is 13.4 Å². The highest BCUT2D eigenvalue weighted by Gasteiger charge is 2.14. The number of aryl methyl sites for hydroxylation is 1. The number of hydrogen-bond donors (Lipinski definition) is 2. The van der Waals surface area contributed by atoms with E-state index in [2.05, 4.69) is 9.71 Å². The highest BCUT2D eigenvalue weighted by atomic mass is 32.2. The lowest BCUT2D eigenvalue weighted by atomic mass is 10.2. The minimum absolute atomic E-state index is 0.00178. The Balaban J connectivity index is 2.36. The van der Waals surface area contributed by atoms with Gasteiger partial charge >= 0.3 is 0 Å². The van der Waals surface area contributed by atoms with Gasteiger partial charge in [-0.25, -0.2) is 8.42 Å². The Labute approximate surface area is 105 Å². The number of hydrogen-bond acceptors (Lipinski definition) is 3. The number of aromatic amines is 1. The van der Waals surface area contributed by atoms with E-state index in [-0.39, 0.29) is 10.6 Å². The fraction of sp³-hybridized carbons (Fsp3) is 0.0833. The minimum atomic E-state index is -3.72. The molecule has 0 saturated heterocycles. The molecule has 0 unspecified atom stereocenters. The summed E-state index contributed by atoms with van der Waals surface area (Å²) in [6, 6.07) is 9.34. The van der Waals surface area contributed by atoms with Crippen LogP contribution in [0.15, 0.2) is 52.3 Å². The number of aromatic nitrogens is 1. The monoisotopic (exact) mass is 264 g/mol. The standard InChI is InChI=1S/C12H12N2O3S/c1-9-4-6-10(7-5-9)18(16,17)14-11-3-2-8-13-12(11)15/h2-8,14H,1H3,(H,13,15). The number of pyridine rings is 1. The van der Waals surface area contributed by atoms with Crippen LogP contribution in [0.25, 0.3) is 0 Å². The first-order chi connectivity index (χ1) is 8.49. The lowest BCUT2D eigenvalue weighted by Gasteiger charge is -2.07. The predicted octanol–water partition coefficient (Wildman–Crippen LogP) is 1.48. The van der Waals surface area contributed by atoms with Gasteiger partial charge in [-0.3, -0.25) is 9.52 Å². The smallest absolute Gasteiger partial charge is 0.272 e. The Hall–Kier alpha value is -2.08. The van der Waals surface area contributed by atoms with Crippen LogP contribution in [-0.2, 0) is 10.0 Å². The Kier molecular flexibility index (Phi) is 3.20. The second-order valence-corrected chi connectivity index (χ2v) is 5.51. The molecule has 0 aliphatic heterocycles. The molecular formula is C12H12N2O3S. The summed E-state index contributed by atoms with van der Waals surface area (Å²) in [5.41, 5.74) is 0.484. The fourth-order valence-corrected chi connectivity index (χ4v) is 2.49. The molecule has 0 aliphatic carbocycles. The molecule has 0 radical (unpaired) electrons. The van der Waals surface area contributed by atoms with Crippen molar-refractivity contribution in [2.45, 2.75) is 11.8 Å². The molecule has 94 valence electrons. The molecule has 0 spiro atoms. The van der Waals surface area contributed by atoms with Crippen LogP contribution >= 0.6 is 0 Å². The van der Waals surface area contributed by atoms with Crippen LogP contribution in [0.3, 0.4) is 0 Å². The maximum absolute atomic E-state index is 12.0. The van der Waals surface area contributed by atoms with Crippen LogP contribution in [0.1, 0.15) is 5.56 Å². The van der Waals surface area contributed by atoms with Crippen molar-refractivity contribution in [3.63, 3.8) is 0 Å². The van der Waals surface area contributed by atoms with E-state index < -0.39 is 15.6 Å².